The highest BCUT2D eigenvalue weighted by Gasteiger charge is 2.38. The summed E-state index contributed by atoms with van der Waals surface area (Å²) in [5.41, 5.74) is 5.42. The van der Waals surface area contributed by atoms with E-state index < -0.39 is 0 Å². The molecule has 2 fully saturated rings. The Kier molecular flexibility index (Phi) is 4.28. The van der Waals surface area contributed by atoms with Crippen molar-refractivity contribution in [3.63, 3.8) is 0 Å². The highest BCUT2D eigenvalue weighted by Crippen LogP contribution is 2.27. The maximum absolute atomic E-state index is 12.5. The van der Waals surface area contributed by atoms with Crippen LogP contribution in [0.15, 0.2) is 0 Å². The van der Waals surface area contributed by atoms with E-state index in [1.54, 1.807) is 0 Å². The van der Waals surface area contributed by atoms with E-state index in [2.05, 4.69) is 11.8 Å². The van der Waals surface area contributed by atoms with E-state index >= 15 is 0 Å². The molecule has 2 saturated heterocycles. The number of nitrogens with two attached hydrogens (primary N) is 1. The Morgan fingerprint density at radius 1 is 1.33 bits per heavy atom. The lowest BCUT2D eigenvalue weighted by atomic mass is 9.86. The van der Waals surface area contributed by atoms with Crippen LogP contribution < -0.4 is 5.73 Å². The van der Waals surface area contributed by atoms with E-state index in [1.165, 1.54) is 25.9 Å². The Bertz CT molecular complexity index is 295. The zero-order valence-electron chi connectivity index (χ0n) is 11.8. The molecule has 2 rings (SSSR count). The Morgan fingerprint density at radius 2 is 2.00 bits per heavy atom. The average molecular weight is 253 g/mol. The second-order valence-electron chi connectivity index (χ2n) is 6.06. The minimum atomic E-state index is -0.361. The third-order valence-corrected chi connectivity index (χ3v) is 4.85. The van der Waals surface area contributed by atoms with Crippen molar-refractivity contribution in [3.05, 3.63) is 0 Å². The average Bonchev–Trinajstić information content (AvgIpc) is 3.06. The van der Waals surface area contributed by atoms with Crippen LogP contribution in [0.3, 0.4) is 0 Å². The predicted octanol–water partition coefficient (Wildman–Crippen LogP) is 1.06. The maximum Gasteiger partial charge on any atom is 0.229 e. The molecule has 0 aromatic carbocycles. The van der Waals surface area contributed by atoms with Crippen LogP contribution >= 0.6 is 0 Å². The van der Waals surface area contributed by atoms with Gasteiger partial charge >= 0.3 is 0 Å². The zero-order valence-corrected chi connectivity index (χ0v) is 11.8. The lowest BCUT2D eigenvalue weighted by Gasteiger charge is -2.31. The summed E-state index contributed by atoms with van der Waals surface area (Å²) in [6, 6.07) is 0.593. The van der Waals surface area contributed by atoms with E-state index in [1.807, 2.05) is 11.8 Å². The van der Waals surface area contributed by atoms with E-state index in [-0.39, 0.29) is 11.3 Å². The summed E-state index contributed by atoms with van der Waals surface area (Å²) in [5.74, 6) is 0.259. The number of rotatable bonds is 4. The van der Waals surface area contributed by atoms with Crippen LogP contribution in [0, 0.1) is 5.41 Å². The molecule has 2 N–H and O–H groups in total. The van der Waals surface area contributed by atoms with Gasteiger partial charge in [-0.25, -0.2) is 0 Å². The van der Waals surface area contributed by atoms with Crippen molar-refractivity contribution >= 4 is 5.91 Å². The van der Waals surface area contributed by atoms with Crippen molar-refractivity contribution in [2.75, 3.05) is 32.7 Å². The minimum absolute atomic E-state index is 0.259. The molecule has 0 aliphatic carbocycles. The molecule has 2 aliphatic rings. The van der Waals surface area contributed by atoms with Gasteiger partial charge in [0.25, 0.3) is 0 Å². The van der Waals surface area contributed by atoms with Crippen LogP contribution in [0.5, 0.6) is 0 Å². The number of hydrogen-bond acceptors (Lipinski definition) is 3. The molecule has 0 bridgehead atoms. The van der Waals surface area contributed by atoms with Gasteiger partial charge in [0.05, 0.1) is 5.41 Å². The molecule has 4 heteroatoms. The maximum atomic E-state index is 12.5. The number of amides is 1. The lowest BCUT2D eigenvalue weighted by molar-refractivity contribution is -0.140. The summed E-state index contributed by atoms with van der Waals surface area (Å²) < 4.78 is 0. The van der Waals surface area contributed by atoms with Crippen LogP contribution in [0.4, 0.5) is 0 Å². The first-order valence-corrected chi connectivity index (χ1v) is 7.34. The normalized spacial score (nSPS) is 28.6. The molecular formula is C14H27N3O. The van der Waals surface area contributed by atoms with E-state index in [9.17, 15) is 4.79 Å². The van der Waals surface area contributed by atoms with Gasteiger partial charge in [0.1, 0.15) is 0 Å². The van der Waals surface area contributed by atoms with Crippen molar-refractivity contribution < 1.29 is 4.79 Å². The Hall–Kier alpha value is -0.610. The fourth-order valence-corrected chi connectivity index (χ4v) is 3.10. The molecule has 4 nitrogen and oxygen atoms in total. The standard InChI is InChI=1S/C14H27N3O/c1-3-14(2,11-15)13(18)17-9-6-12(10-17)16-7-4-5-8-16/h12H,3-11,15H2,1-2H3. The zero-order chi connectivity index (χ0) is 13.2. The van der Waals surface area contributed by atoms with Crippen LogP contribution in [-0.4, -0.2) is 54.5 Å². The molecule has 0 aromatic heterocycles. The van der Waals surface area contributed by atoms with E-state index in [0.29, 0.717) is 12.6 Å². The fraction of sp³-hybridized carbons (Fsp3) is 0.929. The number of carbonyl (C=O) groups is 1. The molecule has 2 atom stereocenters. The molecule has 104 valence electrons. The van der Waals surface area contributed by atoms with Gasteiger partial charge in [-0.1, -0.05) is 6.92 Å². The van der Waals surface area contributed by atoms with Gasteiger partial charge in [-0.2, -0.15) is 0 Å². The van der Waals surface area contributed by atoms with Gasteiger partial charge in [-0.05, 0) is 45.7 Å². The van der Waals surface area contributed by atoms with Gasteiger partial charge in [0, 0.05) is 25.7 Å². The summed E-state index contributed by atoms with van der Waals surface area (Å²) in [4.78, 5) is 17.1. The molecule has 2 heterocycles. The SMILES string of the molecule is CCC(C)(CN)C(=O)N1CCC(N2CCCC2)C1. The molecule has 0 saturated carbocycles. The Labute approximate surface area is 110 Å². The highest BCUT2D eigenvalue weighted by molar-refractivity contribution is 5.82. The van der Waals surface area contributed by atoms with Gasteiger partial charge in [-0.15, -0.1) is 0 Å². The first-order valence-electron chi connectivity index (χ1n) is 7.34. The molecule has 0 radical (unpaired) electrons. The largest absolute Gasteiger partial charge is 0.341 e. The topological polar surface area (TPSA) is 49.6 Å². The predicted molar refractivity (Wildman–Crippen MR) is 73.2 cm³/mol. The molecule has 1 amide bonds. The fourth-order valence-electron chi connectivity index (χ4n) is 3.10. The lowest BCUT2D eigenvalue weighted by Crippen LogP contribution is -2.46. The van der Waals surface area contributed by atoms with E-state index in [0.717, 1.165) is 25.9 Å². The first kappa shape index (κ1) is 13.8. The second-order valence-corrected chi connectivity index (χ2v) is 6.06. The quantitative estimate of drug-likeness (QED) is 0.815. The van der Waals surface area contributed by atoms with E-state index in [4.69, 9.17) is 5.73 Å². The number of carbonyl (C=O) groups excluding carboxylic acids is 1. The molecule has 2 aliphatic heterocycles. The van der Waals surface area contributed by atoms with Crippen molar-refractivity contribution in [1.29, 1.82) is 0 Å². The van der Waals surface area contributed by atoms with Crippen LogP contribution in [0.1, 0.15) is 39.5 Å². The molecule has 2 unspecified atom stereocenters. The number of hydrogen-bond donors (Lipinski definition) is 1. The molecule has 0 aromatic rings. The van der Waals surface area contributed by atoms with Gasteiger partial charge in [0.2, 0.25) is 5.91 Å². The van der Waals surface area contributed by atoms with Gasteiger partial charge in [-0.3, -0.25) is 9.69 Å². The second kappa shape index (κ2) is 5.57. The summed E-state index contributed by atoms with van der Waals surface area (Å²) in [5, 5.41) is 0. The summed E-state index contributed by atoms with van der Waals surface area (Å²) in [6.45, 7) is 8.76. The van der Waals surface area contributed by atoms with Gasteiger partial charge < -0.3 is 10.6 Å². The van der Waals surface area contributed by atoms with Crippen LogP contribution in [-0.2, 0) is 4.79 Å². The van der Waals surface area contributed by atoms with Crippen molar-refractivity contribution in [3.8, 4) is 0 Å². The number of nitrogens with zero attached hydrogens (tertiary/aromatic N) is 2. The van der Waals surface area contributed by atoms with Crippen molar-refractivity contribution in [1.82, 2.24) is 9.80 Å². The molecule has 0 spiro atoms. The Morgan fingerprint density at radius 3 is 2.56 bits per heavy atom. The third kappa shape index (κ3) is 2.54. The van der Waals surface area contributed by atoms with Crippen LogP contribution in [0.25, 0.3) is 0 Å². The first-order chi connectivity index (χ1) is 8.60. The smallest absolute Gasteiger partial charge is 0.229 e. The molecular weight excluding hydrogens is 226 g/mol. The number of likely N-dealkylation sites (tertiary alicyclic amines) is 2. The van der Waals surface area contributed by atoms with Crippen molar-refractivity contribution in [2.45, 2.75) is 45.6 Å². The van der Waals surface area contributed by atoms with Crippen LogP contribution in [0.2, 0.25) is 0 Å². The molecule has 18 heavy (non-hydrogen) atoms. The summed E-state index contributed by atoms with van der Waals surface area (Å²) in [7, 11) is 0. The third-order valence-electron chi connectivity index (χ3n) is 4.85. The Balaban J connectivity index is 1.93. The summed E-state index contributed by atoms with van der Waals surface area (Å²) >= 11 is 0. The minimum Gasteiger partial charge on any atom is -0.341 e. The monoisotopic (exact) mass is 253 g/mol. The van der Waals surface area contributed by atoms with Gasteiger partial charge in [0.15, 0.2) is 0 Å². The highest BCUT2D eigenvalue weighted by atomic mass is 16.2. The summed E-state index contributed by atoms with van der Waals surface area (Å²) in [6.07, 6.45) is 4.60. The van der Waals surface area contributed by atoms with Crippen molar-refractivity contribution in [2.24, 2.45) is 11.1 Å².